The van der Waals surface area contributed by atoms with Crippen molar-refractivity contribution >= 4 is 5.91 Å². The van der Waals surface area contributed by atoms with Crippen LogP contribution in [0.5, 0.6) is 11.5 Å². The summed E-state index contributed by atoms with van der Waals surface area (Å²) in [5, 5.41) is 3.22. The number of ether oxygens (including phenoxy) is 2. The fourth-order valence-corrected chi connectivity index (χ4v) is 4.10. The molecule has 136 valence electrons. The normalized spacial score (nSPS) is 21.8. The minimum atomic E-state index is -0.414. The third kappa shape index (κ3) is 3.05. The van der Waals surface area contributed by atoms with Crippen molar-refractivity contribution in [3.05, 3.63) is 60.2 Å². The van der Waals surface area contributed by atoms with Crippen LogP contribution in [0.1, 0.15) is 38.2 Å². The fraction of sp³-hybridized carbons (Fsp3) is 0.409. The summed E-state index contributed by atoms with van der Waals surface area (Å²) in [7, 11) is 0. The van der Waals surface area contributed by atoms with E-state index in [4.69, 9.17) is 9.47 Å². The Bertz CT molecular complexity index is 768. The Morgan fingerprint density at radius 2 is 1.69 bits per heavy atom. The molecule has 0 spiro atoms. The highest BCUT2D eigenvalue weighted by atomic mass is 16.6. The van der Waals surface area contributed by atoms with E-state index in [1.165, 1.54) is 0 Å². The molecule has 1 saturated carbocycles. The van der Waals surface area contributed by atoms with Crippen molar-refractivity contribution < 1.29 is 14.3 Å². The zero-order valence-corrected chi connectivity index (χ0v) is 15.1. The summed E-state index contributed by atoms with van der Waals surface area (Å²) < 4.78 is 11.9. The lowest BCUT2D eigenvalue weighted by Crippen LogP contribution is -2.53. The number of carbonyl (C=O) groups excluding carboxylic acids is 1. The van der Waals surface area contributed by atoms with E-state index in [0.717, 1.165) is 42.7 Å². The number of amides is 1. The van der Waals surface area contributed by atoms with E-state index in [0.29, 0.717) is 6.61 Å². The van der Waals surface area contributed by atoms with E-state index in [1.54, 1.807) is 0 Å². The van der Waals surface area contributed by atoms with Crippen LogP contribution in [0.4, 0.5) is 0 Å². The van der Waals surface area contributed by atoms with Crippen molar-refractivity contribution in [3.8, 4) is 11.5 Å². The van der Waals surface area contributed by atoms with Gasteiger partial charge in [0, 0.05) is 0 Å². The van der Waals surface area contributed by atoms with Crippen LogP contribution in [0.15, 0.2) is 54.6 Å². The van der Waals surface area contributed by atoms with Crippen molar-refractivity contribution in [2.24, 2.45) is 0 Å². The van der Waals surface area contributed by atoms with Gasteiger partial charge >= 0.3 is 0 Å². The Labute approximate surface area is 154 Å². The minimum Gasteiger partial charge on any atom is -0.486 e. The standard InChI is InChI=1S/C22H25NO3/c1-16(20-15-25-18-11-5-6-12-19(18)26-20)23-21(24)22(13-7-8-14-22)17-9-3-2-4-10-17/h2-6,9-12,16,20H,7-8,13-15H2,1H3,(H,23,24)/t16-,20+/m0/s1. The van der Waals surface area contributed by atoms with Crippen molar-refractivity contribution in [1.82, 2.24) is 5.32 Å². The number of benzene rings is 2. The van der Waals surface area contributed by atoms with Gasteiger partial charge in [0.2, 0.25) is 5.91 Å². The Morgan fingerprint density at radius 3 is 2.42 bits per heavy atom. The second-order valence-corrected chi connectivity index (χ2v) is 7.33. The number of hydrogen-bond donors (Lipinski definition) is 1. The van der Waals surface area contributed by atoms with Crippen LogP contribution < -0.4 is 14.8 Å². The smallest absolute Gasteiger partial charge is 0.230 e. The molecule has 0 radical (unpaired) electrons. The molecule has 0 bridgehead atoms. The maximum atomic E-state index is 13.3. The van der Waals surface area contributed by atoms with Gasteiger partial charge in [-0.15, -0.1) is 0 Å². The molecule has 0 unspecified atom stereocenters. The monoisotopic (exact) mass is 351 g/mol. The van der Waals surface area contributed by atoms with Crippen LogP contribution in [0.3, 0.4) is 0 Å². The van der Waals surface area contributed by atoms with E-state index < -0.39 is 5.41 Å². The van der Waals surface area contributed by atoms with Gasteiger partial charge in [0.25, 0.3) is 0 Å². The number of hydrogen-bond acceptors (Lipinski definition) is 3. The molecule has 0 aromatic heterocycles. The van der Waals surface area contributed by atoms with Gasteiger partial charge in [-0.05, 0) is 37.5 Å². The van der Waals surface area contributed by atoms with E-state index in [9.17, 15) is 4.79 Å². The molecule has 26 heavy (non-hydrogen) atoms. The number of carbonyl (C=O) groups is 1. The van der Waals surface area contributed by atoms with E-state index in [1.807, 2.05) is 49.4 Å². The highest BCUT2D eigenvalue weighted by molar-refractivity contribution is 5.88. The summed E-state index contributed by atoms with van der Waals surface area (Å²) in [6, 6.07) is 17.7. The quantitative estimate of drug-likeness (QED) is 0.910. The van der Waals surface area contributed by atoms with Gasteiger partial charge in [0.05, 0.1) is 11.5 Å². The summed E-state index contributed by atoms with van der Waals surface area (Å²) in [5.41, 5.74) is 0.705. The second kappa shape index (κ2) is 7.02. The predicted molar refractivity (Wildman–Crippen MR) is 101 cm³/mol. The number of para-hydroxylation sites is 2. The number of fused-ring (bicyclic) bond motifs is 1. The summed E-state index contributed by atoms with van der Waals surface area (Å²) in [5.74, 6) is 1.61. The van der Waals surface area contributed by atoms with Crippen LogP contribution in [0.25, 0.3) is 0 Å². The summed E-state index contributed by atoms with van der Waals surface area (Å²) in [6.45, 7) is 2.43. The van der Waals surface area contributed by atoms with E-state index in [2.05, 4.69) is 17.4 Å². The molecule has 1 aliphatic heterocycles. The molecule has 4 rings (SSSR count). The van der Waals surface area contributed by atoms with Gasteiger partial charge in [-0.25, -0.2) is 0 Å². The van der Waals surface area contributed by atoms with Gasteiger partial charge in [-0.2, -0.15) is 0 Å². The first-order chi connectivity index (χ1) is 12.7. The first-order valence-electron chi connectivity index (χ1n) is 9.44. The molecule has 2 aliphatic rings. The first-order valence-corrected chi connectivity index (χ1v) is 9.44. The van der Waals surface area contributed by atoms with Crippen molar-refractivity contribution in [3.63, 3.8) is 0 Å². The highest BCUT2D eigenvalue weighted by Crippen LogP contribution is 2.41. The average Bonchev–Trinajstić information content (AvgIpc) is 3.19. The molecule has 1 fully saturated rings. The molecule has 0 saturated heterocycles. The molecule has 1 N–H and O–H groups in total. The van der Waals surface area contributed by atoms with Gasteiger partial charge < -0.3 is 14.8 Å². The van der Waals surface area contributed by atoms with Crippen molar-refractivity contribution in [1.29, 1.82) is 0 Å². The third-order valence-electron chi connectivity index (χ3n) is 5.67. The maximum absolute atomic E-state index is 13.3. The van der Waals surface area contributed by atoms with Crippen LogP contribution >= 0.6 is 0 Å². The Hall–Kier alpha value is -2.49. The first kappa shape index (κ1) is 17.0. The topological polar surface area (TPSA) is 47.6 Å². The summed E-state index contributed by atoms with van der Waals surface area (Å²) in [6.07, 6.45) is 3.80. The lowest BCUT2D eigenvalue weighted by Gasteiger charge is -2.34. The third-order valence-corrected chi connectivity index (χ3v) is 5.67. The van der Waals surface area contributed by atoms with Gasteiger partial charge in [0.1, 0.15) is 6.61 Å². The summed E-state index contributed by atoms with van der Waals surface area (Å²) >= 11 is 0. The lowest BCUT2D eigenvalue weighted by atomic mass is 9.78. The molecule has 2 atom stereocenters. The minimum absolute atomic E-state index is 0.108. The zero-order chi connectivity index (χ0) is 18.0. The van der Waals surface area contributed by atoms with Crippen molar-refractivity contribution in [2.75, 3.05) is 6.61 Å². The Balaban J connectivity index is 1.49. The molecule has 2 aromatic rings. The Morgan fingerprint density at radius 1 is 1.04 bits per heavy atom. The molecule has 1 aliphatic carbocycles. The molecular formula is C22H25NO3. The molecule has 4 heteroatoms. The molecule has 1 amide bonds. The maximum Gasteiger partial charge on any atom is 0.230 e. The second-order valence-electron chi connectivity index (χ2n) is 7.33. The highest BCUT2D eigenvalue weighted by Gasteiger charge is 2.43. The SMILES string of the molecule is C[C@H](NC(=O)C1(c2ccccc2)CCCC1)[C@H]1COc2ccccc2O1. The van der Waals surface area contributed by atoms with Gasteiger partial charge in [-0.1, -0.05) is 55.3 Å². The van der Waals surface area contributed by atoms with E-state index >= 15 is 0 Å². The average molecular weight is 351 g/mol. The zero-order valence-electron chi connectivity index (χ0n) is 15.1. The van der Waals surface area contributed by atoms with Crippen LogP contribution in [0.2, 0.25) is 0 Å². The van der Waals surface area contributed by atoms with Crippen LogP contribution in [-0.2, 0) is 10.2 Å². The predicted octanol–water partition coefficient (Wildman–Crippen LogP) is 3.84. The number of rotatable bonds is 4. The Kier molecular flexibility index (Phi) is 4.58. The van der Waals surface area contributed by atoms with Crippen LogP contribution in [0, 0.1) is 0 Å². The fourth-order valence-electron chi connectivity index (χ4n) is 4.10. The lowest BCUT2D eigenvalue weighted by molar-refractivity contribution is -0.128. The largest absolute Gasteiger partial charge is 0.486 e. The molecule has 1 heterocycles. The molecule has 2 aromatic carbocycles. The van der Waals surface area contributed by atoms with Crippen molar-refractivity contribution in [2.45, 2.75) is 50.2 Å². The van der Waals surface area contributed by atoms with E-state index in [-0.39, 0.29) is 18.1 Å². The summed E-state index contributed by atoms with van der Waals surface area (Å²) in [4.78, 5) is 13.3. The van der Waals surface area contributed by atoms with Gasteiger partial charge in [-0.3, -0.25) is 4.79 Å². The molecular weight excluding hydrogens is 326 g/mol. The number of nitrogens with one attached hydrogen (secondary N) is 1. The van der Waals surface area contributed by atoms with Crippen LogP contribution in [-0.4, -0.2) is 24.7 Å². The van der Waals surface area contributed by atoms with Gasteiger partial charge in [0.15, 0.2) is 17.6 Å². The molecule has 4 nitrogen and oxygen atoms in total.